The van der Waals surface area contributed by atoms with Gasteiger partial charge in [0.15, 0.2) is 0 Å². The summed E-state index contributed by atoms with van der Waals surface area (Å²) in [5.74, 6) is 0. The maximum atomic E-state index is 12.1. The van der Waals surface area contributed by atoms with Crippen molar-refractivity contribution in [3.05, 3.63) is 35.4 Å². The molecule has 0 heterocycles. The van der Waals surface area contributed by atoms with Gasteiger partial charge in [0.2, 0.25) is 0 Å². The third kappa shape index (κ3) is 2.80. The second-order valence-corrected chi connectivity index (χ2v) is 5.90. The largest absolute Gasteiger partial charge is 0.390 e. The lowest BCUT2D eigenvalue weighted by atomic mass is 9.96. The Labute approximate surface area is 119 Å². The molecule has 20 heavy (non-hydrogen) atoms. The normalized spacial score (nSPS) is 26.1. The molecular weight excluding hydrogens is 252 g/mol. The Morgan fingerprint density at radius 2 is 1.85 bits per heavy atom. The van der Waals surface area contributed by atoms with Gasteiger partial charge in [-0.3, -0.25) is 0 Å². The molecule has 1 saturated carbocycles. The number of carbonyl (C=O) groups is 1. The van der Waals surface area contributed by atoms with Crippen molar-refractivity contribution < 1.29 is 9.90 Å². The zero-order valence-corrected chi connectivity index (χ0v) is 11.6. The van der Waals surface area contributed by atoms with Gasteiger partial charge in [-0.05, 0) is 24.0 Å². The first-order valence-corrected chi connectivity index (χ1v) is 7.57. The van der Waals surface area contributed by atoms with E-state index in [2.05, 4.69) is 10.6 Å². The highest BCUT2D eigenvalue weighted by Crippen LogP contribution is 2.31. The maximum Gasteiger partial charge on any atom is 0.315 e. The zero-order chi connectivity index (χ0) is 13.9. The minimum Gasteiger partial charge on any atom is -0.390 e. The molecule has 0 bridgehead atoms. The van der Waals surface area contributed by atoms with Gasteiger partial charge in [-0.25, -0.2) is 4.79 Å². The van der Waals surface area contributed by atoms with E-state index in [0.717, 1.165) is 24.0 Å². The molecule has 3 N–H and O–H groups in total. The molecule has 0 radical (unpaired) electrons. The molecule has 4 heteroatoms. The van der Waals surface area contributed by atoms with E-state index in [1.807, 2.05) is 24.3 Å². The first kappa shape index (κ1) is 13.4. The van der Waals surface area contributed by atoms with Crippen LogP contribution in [0.2, 0.25) is 0 Å². The summed E-state index contributed by atoms with van der Waals surface area (Å²) in [5.41, 5.74) is 2.17. The van der Waals surface area contributed by atoms with Gasteiger partial charge in [0.1, 0.15) is 0 Å². The molecule has 108 valence electrons. The summed E-state index contributed by atoms with van der Waals surface area (Å²) in [4.78, 5) is 12.1. The van der Waals surface area contributed by atoms with Crippen molar-refractivity contribution in [3.63, 3.8) is 0 Å². The van der Waals surface area contributed by atoms with Crippen LogP contribution in [-0.2, 0) is 6.42 Å². The number of aliphatic hydroxyl groups excluding tert-OH is 1. The highest BCUT2D eigenvalue weighted by Gasteiger charge is 2.32. The number of fused-ring (bicyclic) bond motifs is 1. The Morgan fingerprint density at radius 3 is 2.65 bits per heavy atom. The van der Waals surface area contributed by atoms with E-state index in [4.69, 9.17) is 0 Å². The van der Waals surface area contributed by atoms with Crippen molar-refractivity contribution in [2.45, 2.75) is 56.7 Å². The molecular formula is C16H22N2O2. The van der Waals surface area contributed by atoms with Crippen molar-refractivity contribution in [2.75, 3.05) is 0 Å². The van der Waals surface area contributed by atoms with E-state index in [0.29, 0.717) is 6.42 Å². The number of rotatable bonds is 2. The number of amides is 2. The van der Waals surface area contributed by atoms with E-state index >= 15 is 0 Å². The SMILES string of the molecule is O=C(NC1CCCCC1)N[C@H]1c2ccccc2C[C@H]1O. The second kappa shape index (κ2) is 5.83. The Bertz CT molecular complexity index is 483. The Kier molecular flexibility index (Phi) is 3.92. The third-order valence-electron chi connectivity index (χ3n) is 4.43. The lowest BCUT2D eigenvalue weighted by Gasteiger charge is -2.25. The molecule has 2 aliphatic rings. The quantitative estimate of drug-likeness (QED) is 0.775. The van der Waals surface area contributed by atoms with Crippen LogP contribution < -0.4 is 10.6 Å². The van der Waals surface area contributed by atoms with Gasteiger partial charge in [-0.15, -0.1) is 0 Å². The first-order chi connectivity index (χ1) is 9.74. The molecule has 2 atom stereocenters. The number of nitrogens with one attached hydrogen (secondary N) is 2. The molecule has 0 unspecified atom stereocenters. The predicted octanol–water partition coefficient (Wildman–Crippen LogP) is 2.28. The molecule has 2 aliphatic carbocycles. The fraction of sp³-hybridized carbons (Fsp3) is 0.562. The van der Waals surface area contributed by atoms with Crippen LogP contribution >= 0.6 is 0 Å². The highest BCUT2D eigenvalue weighted by molar-refractivity contribution is 5.75. The minimum absolute atomic E-state index is 0.155. The van der Waals surface area contributed by atoms with E-state index in [1.165, 1.54) is 19.3 Å². The second-order valence-electron chi connectivity index (χ2n) is 5.90. The zero-order valence-electron chi connectivity index (χ0n) is 11.6. The van der Waals surface area contributed by atoms with Crippen molar-refractivity contribution in [2.24, 2.45) is 0 Å². The molecule has 4 nitrogen and oxygen atoms in total. The fourth-order valence-electron chi connectivity index (χ4n) is 3.36. The first-order valence-electron chi connectivity index (χ1n) is 7.57. The standard InChI is InChI=1S/C16H22N2O2/c19-14-10-11-6-4-5-9-13(11)15(14)18-16(20)17-12-7-2-1-3-8-12/h4-6,9,12,14-15,19H,1-3,7-8,10H2,(H2,17,18,20)/t14-,15+/m1/s1. The van der Waals surface area contributed by atoms with E-state index < -0.39 is 6.10 Å². The summed E-state index contributed by atoms with van der Waals surface area (Å²) < 4.78 is 0. The number of carbonyl (C=O) groups excluding carboxylic acids is 1. The number of hydrogen-bond acceptors (Lipinski definition) is 2. The molecule has 1 aromatic carbocycles. The molecule has 0 aromatic heterocycles. The molecule has 2 amide bonds. The highest BCUT2D eigenvalue weighted by atomic mass is 16.3. The van der Waals surface area contributed by atoms with E-state index in [9.17, 15) is 9.90 Å². The monoisotopic (exact) mass is 274 g/mol. The number of hydrogen-bond donors (Lipinski definition) is 3. The topological polar surface area (TPSA) is 61.4 Å². The summed E-state index contributed by atoms with van der Waals surface area (Å²) >= 11 is 0. The van der Waals surface area contributed by atoms with Crippen LogP contribution in [0.5, 0.6) is 0 Å². The van der Waals surface area contributed by atoms with Gasteiger partial charge in [0.05, 0.1) is 12.1 Å². The summed E-state index contributed by atoms with van der Waals surface area (Å²) in [6.07, 6.45) is 5.89. The van der Waals surface area contributed by atoms with Gasteiger partial charge in [0.25, 0.3) is 0 Å². The summed E-state index contributed by atoms with van der Waals surface area (Å²) in [6.45, 7) is 0. The molecule has 0 saturated heterocycles. The van der Waals surface area contributed by atoms with Gasteiger partial charge in [-0.2, -0.15) is 0 Å². The minimum atomic E-state index is -0.524. The average Bonchev–Trinajstić information content (AvgIpc) is 2.76. The number of urea groups is 1. The lowest BCUT2D eigenvalue weighted by Crippen LogP contribution is -2.45. The van der Waals surface area contributed by atoms with Crippen LogP contribution in [0.3, 0.4) is 0 Å². The Balaban J connectivity index is 1.61. The van der Waals surface area contributed by atoms with E-state index in [-0.39, 0.29) is 18.1 Å². The van der Waals surface area contributed by atoms with Crippen LogP contribution in [0.15, 0.2) is 24.3 Å². The maximum absolute atomic E-state index is 12.1. The third-order valence-corrected chi connectivity index (χ3v) is 4.43. The van der Waals surface area contributed by atoms with Crippen LogP contribution in [0.25, 0.3) is 0 Å². The van der Waals surface area contributed by atoms with Crippen LogP contribution in [0.4, 0.5) is 4.79 Å². The van der Waals surface area contributed by atoms with Crippen molar-refractivity contribution in [3.8, 4) is 0 Å². The van der Waals surface area contributed by atoms with Crippen molar-refractivity contribution in [1.29, 1.82) is 0 Å². The molecule has 3 rings (SSSR count). The van der Waals surface area contributed by atoms with E-state index in [1.54, 1.807) is 0 Å². The predicted molar refractivity (Wildman–Crippen MR) is 77.4 cm³/mol. The van der Waals surface area contributed by atoms with Crippen LogP contribution in [0, 0.1) is 0 Å². The lowest BCUT2D eigenvalue weighted by molar-refractivity contribution is 0.141. The average molecular weight is 274 g/mol. The van der Waals surface area contributed by atoms with Gasteiger partial charge in [0, 0.05) is 12.5 Å². The number of benzene rings is 1. The van der Waals surface area contributed by atoms with Gasteiger partial charge < -0.3 is 15.7 Å². The van der Waals surface area contributed by atoms with Gasteiger partial charge in [-0.1, -0.05) is 43.5 Å². The van der Waals surface area contributed by atoms with Crippen LogP contribution in [0.1, 0.15) is 49.3 Å². The summed E-state index contributed by atoms with van der Waals surface area (Å²) in [6, 6.07) is 7.77. The molecule has 0 aliphatic heterocycles. The van der Waals surface area contributed by atoms with Gasteiger partial charge >= 0.3 is 6.03 Å². The number of aliphatic hydroxyl groups is 1. The Hall–Kier alpha value is -1.55. The molecule has 1 aromatic rings. The molecule has 0 spiro atoms. The fourth-order valence-corrected chi connectivity index (χ4v) is 3.36. The summed E-state index contributed by atoms with van der Waals surface area (Å²) in [5, 5.41) is 16.1. The Morgan fingerprint density at radius 1 is 1.10 bits per heavy atom. The van der Waals surface area contributed by atoms with Crippen molar-refractivity contribution in [1.82, 2.24) is 10.6 Å². The molecule has 1 fully saturated rings. The smallest absolute Gasteiger partial charge is 0.315 e. The van der Waals surface area contributed by atoms with Crippen LogP contribution in [-0.4, -0.2) is 23.3 Å². The van der Waals surface area contributed by atoms with Crippen molar-refractivity contribution >= 4 is 6.03 Å². The summed E-state index contributed by atoms with van der Waals surface area (Å²) in [7, 11) is 0.